The van der Waals surface area contributed by atoms with Gasteiger partial charge in [-0.25, -0.2) is 0 Å². The van der Waals surface area contributed by atoms with Gasteiger partial charge in [-0.1, -0.05) is 12.1 Å². The normalized spacial score (nSPS) is 10.2. The molecule has 0 unspecified atom stereocenters. The third kappa shape index (κ3) is 2.43. The molecule has 0 saturated carbocycles. The average Bonchev–Trinajstić information content (AvgIpc) is 2.38. The maximum atomic E-state index is 5.97. The van der Waals surface area contributed by atoms with Crippen LogP contribution in [0.15, 0.2) is 46.9 Å². The van der Waals surface area contributed by atoms with Crippen LogP contribution in [-0.4, -0.2) is 14.2 Å². The Kier molecular flexibility index (Phi) is 3.77. The van der Waals surface area contributed by atoms with Gasteiger partial charge in [0.05, 0.1) is 23.0 Å². The smallest absolute Gasteiger partial charge is 0.133 e. The van der Waals surface area contributed by atoms with E-state index in [0.29, 0.717) is 0 Å². The number of rotatable bonds is 3. The molecule has 0 amide bonds. The average molecular weight is 307 g/mol. The van der Waals surface area contributed by atoms with E-state index in [4.69, 9.17) is 10.5 Å². The molecule has 0 aromatic heterocycles. The number of ether oxygens (including phenoxy) is 1. The first kappa shape index (κ1) is 12.8. The first-order valence-corrected chi connectivity index (χ1v) is 6.34. The standard InChI is InChI=1S/C14H15BrN2O/c1-17(13-6-4-3-5-12(13)16)10-7-8-14(18-2)11(15)9-10/h3-9H,16H2,1-2H3. The van der Waals surface area contributed by atoms with Crippen LogP contribution in [0.25, 0.3) is 0 Å². The number of para-hydroxylation sites is 2. The van der Waals surface area contributed by atoms with Gasteiger partial charge in [0.25, 0.3) is 0 Å². The molecule has 94 valence electrons. The molecule has 2 aromatic carbocycles. The van der Waals surface area contributed by atoms with Gasteiger partial charge in [0.2, 0.25) is 0 Å². The van der Waals surface area contributed by atoms with Crippen LogP contribution in [0.1, 0.15) is 0 Å². The van der Waals surface area contributed by atoms with E-state index in [9.17, 15) is 0 Å². The monoisotopic (exact) mass is 306 g/mol. The zero-order chi connectivity index (χ0) is 13.1. The highest BCUT2D eigenvalue weighted by Gasteiger charge is 2.09. The van der Waals surface area contributed by atoms with Crippen molar-refractivity contribution < 1.29 is 4.74 Å². The van der Waals surface area contributed by atoms with E-state index < -0.39 is 0 Å². The number of nitrogens with zero attached hydrogens (tertiary/aromatic N) is 1. The zero-order valence-corrected chi connectivity index (χ0v) is 11.9. The molecule has 0 atom stereocenters. The van der Waals surface area contributed by atoms with Gasteiger partial charge in [0, 0.05) is 12.7 Å². The largest absolute Gasteiger partial charge is 0.496 e. The number of anilines is 3. The molecule has 0 fully saturated rings. The highest BCUT2D eigenvalue weighted by atomic mass is 79.9. The molecule has 18 heavy (non-hydrogen) atoms. The first-order chi connectivity index (χ1) is 8.63. The Morgan fingerprint density at radius 1 is 1.17 bits per heavy atom. The molecule has 4 heteroatoms. The van der Waals surface area contributed by atoms with Gasteiger partial charge in [0.1, 0.15) is 5.75 Å². The molecule has 0 aliphatic heterocycles. The van der Waals surface area contributed by atoms with Crippen molar-refractivity contribution >= 4 is 33.0 Å². The van der Waals surface area contributed by atoms with Crippen molar-refractivity contribution in [1.82, 2.24) is 0 Å². The fourth-order valence-corrected chi connectivity index (χ4v) is 2.32. The molecule has 0 saturated heterocycles. The highest BCUT2D eigenvalue weighted by Crippen LogP contribution is 2.33. The molecule has 0 radical (unpaired) electrons. The summed E-state index contributed by atoms with van der Waals surface area (Å²) in [5.74, 6) is 0.813. The maximum absolute atomic E-state index is 5.97. The molecule has 0 bridgehead atoms. The molecule has 0 aliphatic rings. The van der Waals surface area contributed by atoms with Crippen molar-refractivity contribution in [3.63, 3.8) is 0 Å². The van der Waals surface area contributed by atoms with Gasteiger partial charge in [0.15, 0.2) is 0 Å². The van der Waals surface area contributed by atoms with Crippen molar-refractivity contribution in [3.05, 3.63) is 46.9 Å². The molecule has 0 aliphatic carbocycles. The lowest BCUT2D eigenvalue weighted by atomic mass is 10.2. The Hall–Kier alpha value is -1.68. The van der Waals surface area contributed by atoms with Crippen LogP contribution in [0.5, 0.6) is 5.75 Å². The number of nitrogens with two attached hydrogens (primary N) is 1. The summed E-state index contributed by atoms with van der Waals surface area (Å²) >= 11 is 3.48. The third-order valence-electron chi connectivity index (χ3n) is 2.82. The van der Waals surface area contributed by atoms with Crippen LogP contribution in [0.4, 0.5) is 17.1 Å². The van der Waals surface area contributed by atoms with Gasteiger partial charge in [-0.05, 0) is 46.3 Å². The van der Waals surface area contributed by atoms with E-state index in [1.54, 1.807) is 7.11 Å². The zero-order valence-electron chi connectivity index (χ0n) is 10.4. The van der Waals surface area contributed by atoms with E-state index in [1.807, 2.05) is 54.4 Å². The number of hydrogen-bond acceptors (Lipinski definition) is 3. The lowest BCUT2D eigenvalue weighted by molar-refractivity contribution is 0.412. The molecule has 0 spiro atoms. The first-order valence-electron chi connectivity index (χ1n) is 5.55. The van der Waals surface area contributed by atoms with Crippen molar-refractivity contribution in [3.8, 4) is 5.75 Å². The fourth-order valence-electron chi connectivity index (χ4n) is 1.80. The van der Waals surface area contributed by atoms with Crippen LogP contribution in [0.2, 0.25) is 0 Å². The Balaban J connectivity index is 2.37. The van der Waals surface area contributed by atoms with E-state index in [0.717, 1.165) is 27.3 Å². The SMILES string of the molecule is COc1ccc(N(C)c2ccccc2N)cc1Br. The highest BCUT2D eigenvalue weighted by molar-refractivity contribution is 9.10. The van der Waals surface area contributed by atoms with E-state index in [-0.39, 0.29) is 0 Å². The Labute approximate surface area is 115 Å². The second kappa shape index (κ2) is 5.31. The van der Waals surface area contributed by atoms with Gasteiger partial charge in [-0.2, -0.15) is 0 Å². The van der Waals surface area contributed by atoms with Crippen molar-refractivity contribution in [1.29, 1.82) is 0 Å². The van der Waals surface area contributed by atoms with Crippen LogP contribution < -0.4 is 15.4 Å². The number of methoxy groups -OCH3 is 1. The molecule has 2 rings (SSSR count). The Bertz CT molecular complexity index is 557. The number of hydrogen-bond donors (Lipinski definition) is 1. The maximum Gasteiger partial charge on any atom is 0.133 e. The van der Waals surface area contributed by atoms with Gasteiger partial charge < -0.3 is 15.4 Å². The number of nitrogen functional groups attached to an aromatic ring is 1. The Morgan fingerprint density at radius 3 is 2.50 bits per heavy atom. The van der Waals surface area contributed by atoms with E-state index >= 15 is 0 Å². The number of benzene rings is 2. The van der Waals surface area contributed by atoms with Crippen molar-refractivity contribution in [2.75, 3.05) is 24.8 Å². The van der Waals surface area contributed by atoms with Gasteiger partial charge in [-0.15, -0.1) is 0 Å². The summed E-state index contributed by atoms with van der Waals surface area (Å²) in [7, 11) is 3.64. The summed E-state index contributed by atoms with van der Waals surface area (Å²) in [6, 6.07) is 13.7. The van der Waals surface area contributed by atoms with E-state index in [1.165, 1.54) is 0 Å². The minimum absolute atomic E-state index is 0.756. The van der Waals surface area contributed by atoms with Crippen LogP contribution >= 0.6 is 15.9 Å². The number of halogens is 1. The fraction of sp³-hybridized carbons (Fsp3) is 0.143. The lowest BCUT2D eigenvalue weighted by Crippen LogP contribution is -2.11. The third-order valence-corrected chi connectivity index (χ3v) is 3.44. The Morgan fingerprint density at radius 2 is 1.89 bits per heavy atom. The summed E-state index contributed by atoms with van der Waals surface area (Å²) in [6.07, 6.45) is 0. The predicted molar refractivity (Wildman–Crippen MR) is 79.6 cm³/mol. The summed E-state index contributed by atoms with van der Waals surface area (Å²) in [5.41, 5.74) is 8.75. The minimum atomic E-state index is 0.756. The minimum Gasteiger partial charge on any atom is -0.496 e. The van der Waals surface area contributed by atoms with Crippen molar-refractivity contribution in [2.24, 2.45) is 0 Å². The van der Waals surface area contributed by atoms with Gasteiger partial charge >= 0.3 is 0 Å². The molecular formula is C14H15BrN2O. The molecule has 0 heterocycles. The quantitative estimate of drug-likeness (QED) is 0.876. The van der Waals surface area contributed by atoms with E-state index in [2.05, 4.69) is 15.9 Å². The van der Waals surface area contributed by atoms with Crippen LogP contribution in [-0.2, 0) is 0 Å². The second-order valence-corrected chi connectivity index (χ2v) is 4.79. The summed E-state index contributed by atoms with van der Waals surface area (Å²) < 4.78 is 6.14. The van der Waals surface area contributed by atoms with Crippen LogP contribution in [0.3, 0.4) is 0 Å². The summed E-state index contributed by atoms with van der Waals surface area (Å²) in [4.78, 5) is 2.04. The summed E-state index contributed by atoms with van der Waals surface area (Å²) in [5, 5.41) is 0. The molecule has 2 aromatic rings. The van der Waals surface area contributed by atoms with Crippen molar-refractivity contribution in [2.45, 2.75) is 0 Å². The molecule has 3 nitrogen and oxygen atoms in total. The van der Waals surface area contributed by atoms with Crippen LogP contribution in [0, 0.1) is 0 Å². The predicted octanol–water partition coefficient (Wildman–Crippen LogP) is 3.81. The topological polar surface area (TPSA) is 38.5 Å². The molecular weight excluding hydrogens is 292 g/mol. The second-order valence-electron chi connectivity index (χ2n) is 3.94. The summed E-state index contributed by atoms with van der Waals surface area (Å²) in [6.45, 7) is 0. The lowest BCUT2D eigenvalue weighted by Gasteiger charge is -2.21. The van der Waals surface area contributed by atoms with Gasteiger partial charge in [-0.3, -0.25) is 0 Å². The molecule has 2 N–H and O–H groups in total.